The molecule has 3 heterocycles. The average molecular weight is 494 g/mol. The van der Waals surface area contributed by atoms with E-state index in [1.165, 1.54) is 30.8 Å². The summed E-state index contributed by atoms with van der Waals surface area (Å²) in [6, 6.07) is 6.83. The van der Waals surface area contributed by atoms with Crippen LogP contribution in [-0.4, -0.2) is 46.2 Å². The number of amides is 1. The Bertz CT molecular complexity index is 1230. The molecule has 11 heteroatoms. The molecule has 1 N–H and O–H groups in total. The van der Waals surface area contributed by atoms with E-state index >= 15 is 0 Å². The van der Waals surface area contributed by atoms with Gasteiger partial charge in [0.15, 0.2) is 17.3 Å². The lowest BCUT2D eigenvalue weighted by atomic mass is 9.77. The molecule has 172 valence electrons. The third-order valence-electron chi connectivity index (χ3n) is 5.55. The highest BCUT2D eigenvalue weighted by Crippen LogP contribution is 2.46. The number of carbonyl (C=O) groups excluding carboxylic acids is 1. The molecule has 33 heavy (non-hydrogen) atoms. The third kappa shape index (κ3) is 4.14. The Kier molecular flexibility index (Phi) is 5.26. The van der Waals surface area contributed by atoms with Gasteiger partial charge in [-0.05, 0) is 23.8 Å². The fourth-order valence-electron chi connectivity index (χ4n) is 4.02. The van der Waals surface area contributed by atoms with Crippen LogP contribution in [0, 0.1) is 0 Å². The number of halogens is 3. The normalized spacial score (nSPS) is 18.1. The standard InChI is InChI=1S/C22H18ClF2N3O4S/c1-31-16-5-14(2-3-15(16)32-11-21(30)9-22(24,25)10-21)28-8-12-4-17(33-18(12)20(28)29)19-26-6-13(23)7-27-19/h2-7,30H,8-11H2,1H3. The highest BCUT2D eigenvalue weighted by Gasteiger charge is 2.56. The first-order valence-electron chi connectivity index (χ1n) is 10.00. The van der Waals surface area contributed by atoms with Gasteiger partial charge in [0.25, 0.3) is 11.8 Å². The lowest BCUT2D eigenvalue weighted by Gasteiger charge is -2.42. The predicted octanol–water partition coefficient (Wildman–Crippen LogP) is 4.57. The van der Waals surface area contributed by atoms with Gasteiger partial charge in [0.05, 0.1) is 28.4 Å². The summed E-state index contributed by atoms with van der Waals surface area (Å²) in [5.74, 6) is -1.88. The number of fused-ring (bicyclic) bond motifs is 1. The van der Waals surface area contributed by atoms with Crippen LogP contribution in [0.2, 0.25) is 5.02 Å². The number of aromatic nitrogens is 2. The number of benzene rings is 1. The Balaban J connectivity index is 1.31. The number of carbonyl (C=O) groups is 1. The van der Waals surface area contributed by atoms with Crippen LogP contribution < -0.4 is 14.4 Å². The van der Waals surface area contributed by atoms with E-state index in [1.807, 2.05) is 6.07 Å². The number of methoxy groups -OCH3 is 1. The maximum absolute atomic E-state index is 13.1. The molecule has 3 aromatic rings. The smallest absolute Gasteiger partial charge is 0.269 e. The number of aliphatic hydroxyl groups is 1. The summed E-state index contributed by atoms with van der Waals surface area (Å²) in [5.41, 5.74) is -0.0884. The molecule has 0 spiro atoms. The van der Waals surface area contributed by atoms with Gasteiger partial charge in [-0.3, -0.25) is 4.79 Å². The minimum absolute atomic E-state index is 0.156. The summed E-state index contributed by atoms with van der Waals surface area (Å²) in [6.07, 6.45) is 1.75. The van der Waals surface area contributed by atoms with E-state index in [9.17, 15) is 18.7 Å². The molecule has 2 aliphatic rings. The number of hydrogen-bond acceptors (Lipinski definition) is 7. The zero-order valence-electron chi connectivity index (χ0n) is 17.3. The van der Waals surface area contributed by atoms with Crippen LogP contribution >= 0.6 is 22.9 Å². The molecule has 1 saturated carbocycles. The Morgan fingerprint density at radius 3 is 2.58 bits per heavy atom. The molecule has 1 fully saturated rings. The predicted molar refractivity (Wildman–Crippen MR) is 118 cm³/mol. The summed E-state index contributed by atoms with van der Waals surface area (Å²) < 4.78 is 37.1. The van der Waals surface area contributed by atoms with Gasteiger partial charge in [-0.15, -0.1) is 11.3 Å². The molecule has 1 amide bonds. The Morgan fingerprint density at radius 2 is 1.94 bits per heavy atom. The second-order valence-electron chi connectivity index (χ2n) is 8.14. The number of alkyl halides is 2. The largest absolute Gasteiger partial charge is 0.493 e. The van der Waals surface area contributed by atoms with E-state index in [0.717, 1.165) is 10.4 Å². The maximum atomic E-state index is 13.1. The summed E-state index contributed by atoms with van der Waals surface area (Å²) in [5, 5.41) is 10.6. The van der Waals surface area contributed by atoms with Crippen molar-refractivity contribution in [3.05, 3.63) is 52.1 Å². The number of rotatable bonds is 6. The summed E-state index contributed by atoms with van der Waals surface area (Å²) in [7, 11) is 1.44. The zero-order valence-corrected chi connectivity index (χ0v) is 18.9. The molecular formula is C22H18ClF2N3O4S. The topological polar surface area (TPSA) is 84.8 Å². The summed E-state index contributed by atoms with van der Waals surface area (Å²) in [4.78, 5) is 24.4. The van der Waals surface area contributed by atoms with Crippen LogP contribution in [0.3, 0.4) is 0 Å². The number of nitrogens with zero attached hydrogens (tertiary/aromatic N) is 3. The van der Waals surface area contributed by atoms with Crippen molar-refractivity contribution in [3.63, 3.8) is 0 Å². The summed E-state index contributed by atoms with van der Waals surface area (Å²) >= 11 is 7.16. The van der Waals surface area contributed by atoms with Crippen molar-refractivity contribution >= 4 is 34.5 Å². The highest BCUT2D eigenvalue weighted by molar-refractivity contribution is 7.17. The van der Waals surface area contributed by atoms with Crippen LogP contribution in [0.15, 0.2) is 36.7 Å². The van der Waals surface area contributed by atoms with Gasteiger partial charge in [0, 0.05) is 37.0 Å². The summed E-state index contributed by atoms with van der Waals surface area (Å²) in [6.45, 7) is 0.101. The van der Waals surface area contributed by atoms with Crippen LogP contribution in [0.1, 0.15) is 28.1 Å². The zero-order chi connectivity index (χ0) is 23.4. The molecule has 2 aromatic heterocycles. The number of hydrogen-bond donors (Lipinski definition) is 1. The molecule has 1 aliphatic heterocycles. The fourth-order valence-corrected chi connectivity index (χ4v) is 5.19. The number of thiophene rings is 1. The molecule has 1 aromatic carbocycles. The minimum Gasteiger partial charge on any atom is -0.493 e. The van der Waals surface area contributed by atoms with Gasteiger partial charge in [-0.2, -0.15) is 0 Å². The van der Waals surface area contributed by atoms with E-state index < -0.39 is 24.4 Å². The van der Waals surface area contributed by atoms with Crippen molar-refractivity contribution in [2.45, 2.75) is 30.9 Å². The highest BCUT2D eigenvalue weighted by atomic mass is 35.5. The van der Waals surface area contributed by atoms with E-state index in [-0.39, 0.29) is 12.5 Å². The fraction of sp³-hybridized carbons (Fsp3) is 0.318. The quantitative estimate of drug-likeness (QED) is 0.541. The monoisotopic (exact) mass is 493 g/mol. The molecule has 0 unspecified atom stereocenters. The molecule has 0 radical (unpaired) electrons. The number of anilines is 1. The van der Waals surface area contributed by atoms with Gasteiger partial charge >= 0.3 is 0 Å². The van der Waals surface area contributed by atoms with Gasteiger partial charge in [-0.1, -0.05) is 11.6 Å². The first kappa shape index (κ1) is 22.0. The first-order chi connectivity index (χ1) is 15.7. The molecule has 0 bridgehead atoms. The van der Waals surface area contributed by atoms with Crippen molar-refractivity contribution in [2.75, 3.05) is 18.6 Å². The second-order valence-corrected chi connectivity index (χ2v) is 9.63. The van der Waals surface area contributed by atoms with Gasteiger partial charge < -0.3 is 19.5 Å². The van der Waals surface area contributed by atoms with Crippen LogP contribution in [0.25, 0.3) is 10.7 Å². The SMILES string of the molecule is COc1cc(N2Cc3cc(-c4ncc(Cl)cn4)sc3C2=O)ccc1OCC1(O)CC(F)(F)C1. The van der Waals surface area contributed by atoms with Crippen LogP contribution in [0.4, 0.5) is 14.5 Å². The van der Waals surface area contributed by atoms with Crippen molar-refractivity contribution in [2.24, 2.45) is 0 Å². The molecule has 7 nitrogen and oxygen atoms in total. The van der Waals surface area contributed by atoms with Crippen molar-refractivity contribution in [3.8, 4) is 22.2 Å². The Labute approximate surface area is 196 Å². The maximum Gasteiger partial charge on any atom is 0.269 e. The van der Waals surface area contributed by atoms with Crippen molar-refractivity contribution in [1.29, 1.82) is 0 Å². The van der Waals surface area contributed by atoms with Gasteiger partial charge in [0.2, 0.25) is 0 Å². The molecule has 5 rings (SSSR count). The Morgan fingerprint density at radius 1 is 1.21 bits per heavy atom. The van der Waals surface area contributed by atoms with Crippen molar-refractivity contribution in [1.82, 2.24) is 9.97 Å². The lowest BCUT2D eigenvalue weighted by Crippen LogP contribution is -2.55. The third-order valence-corrected chi connectivity index (χ3v) is 6.90. The van der Waals surface area contributed by atoms with Crippen molar-refractivity contribution < 1.29 is 28.2 Å². The molecule has 0 saturated heterocycles. The van der Waals surface area contributed by atoms with E-state index in [1.54, 1.807) is 23.1 Å². The molecule has 1 aliphatic carbocycles. The second kappa shape index (κ2) is 7.89. The Hall–Kier alpha value is -2.82. The van der Waals surface area contributed by atoms with Crippen LogP contribution in [0.5, 0.6) is 11.5 Å². The molecular weight excluding hydrogens is 476 g/mol. The minimum atomic E-state index is -2.86. The first-order valence-corrected chi connectivity index (χ1v) is 11.2. The van der Waals surface area contributed by atoms with E-state index in [4.69, 9.17) is 21.1 Å². The average Bonchev–Trinajstić information content (AvgIpc) is 3.31. The number of ether oxygens (including phenoxy) is 2. The lowest BCUT2D eigenvalue weighted by molar-refractivity contribution is -0.215. The van der Waals surface area contributed by atoms with E-state index in [0.29, 0.717) is 39.5 Å². The van der Waals surface area contributed by atoms with Crippen LogP contribution in [-0.2, 0) is 6.54 Å². The van der Waals surface area contributed by atoms with E-state index in [2.05, 4.69) is 9.97 Å². The molecule has 0 atom stereocenters. The van der Waals surface area contributed by atoms with Gasteiger partial charge in [0.1, 0.15) is 12.2 Å². The van der Waals surface area contributed by atoms with Gasteiger partial charge in [-0.25, -0.2) is 18.7 Å².